The van der Waals surface area contributed by atoms with E-state index in [-0.39, 0.29) is 6.53 Å². The van der Waals surface area contributed by atoms with Crippen molar-refractivity contribution in [3.05, 3.63) is 35.4 Å². The summed E-state index contributed by atoms with van der Waals surface area (Å²) in [6.07, 6.45) is 13.3. The lowest BCUT2D eigenvalue weighted by atomic mass is 9.60. The minimum atomic E-state index is -0.448. The Bertz CT molecular complexity index is 731. The molecule has 3 saturated carbocycles. The van der Waals surface area contributed by atoms with Crippen molar-refractivity contribution in [1.29, 1.82) is 0 Å². The number of hydrogen-bond donors (Lipinski definition) is 1. The van der Waals surface area contributed by atoms with Gasteiger partial charge in [0.1, 0.15) is 0 Å². The van der Waals surface area contributed by atoms with Crippen molar-refractivity contribution in [2.45, 2.75) is 104 Å². The molecule has 1 nitrogen and oxygen atoms in total. The van der Waals surface area contributed by atoms with Crippen LogP contribution in [0.4, 0.5) is 0 Å². The second-order valence-corrected chi connectivity index (χ2v) is 10.6. The van der Waals surface area contributed by atoms with Crippen LogP contribution in [0.15, 0.2) is 35.4 Å². The predicted octanol–water partition coefficient (Wildman–Crippen LogP) is 7.62. The highest BCUT2D eigenvalue weighted by Crippen LogP contribution is 2.59. The summed E-state index contributed by atoms with van der Waals surface area (Å²) in [5.41, 5.74) is 3.15. The van der Waals surface area contributed by atoms with Gasteiger partial charge in [-0.15, -0.1) is 0 Å². The molecule has 5 atom stereocenters. The van der Waals surface area contributed by atoms with Crippen molar-refractivity contribution in [3.63, 3.8) is 0 Å². The van der Waals surface area contributed by atoms with Gasteiger partial charge in [0, 0.05) is 0 Å². The SMILES string of the molecule is [2H]C([2H])=C1CC[C@H](O)C/C1=C([2H])/C=C1\CCC[C@]2(C)C([C@H](C)CCCC(C)C)CC[C@@H]12. The Morgan fingerprint density at radius 2 is 2.07 bits per heavy atom. The maximum absolute atomic E-state index is 10.1. The van der Waals surface area contributed by atoms with Crippen LogP contribution < -0.4 is 0 Å². The average molecular weight is 388 g/mol. The monoisotopic (exact) mass is 387 g/mol. The first-order valence-corrected chi connectivity index (χ1v) is 11.9. The molecule has 0 aromatic carbocycles. The number of aliphatic hydroxyl groups excluding tert-OH is 1. The molecule has 0 saturated heterocycles. The van der Waals surface area contributed by atoms with E-state index in [1.54, 1.807) is 0 Å². The number of rotatable bonds is 6. The van der Waals surface area contributed by atoms with Gasteiger partial charge in [0.15, 0.2) is 0 Å². The second kappa shape index (κ2) is 9.33. The summed E-state index contributed by atoms with van der Waals surface area (Å²) < 4.78 is 24.4. The van der Waals surface area contributed by atoms with Crippen LogP contribution in [0, 0.1) is 29.1 Å². The zero-order valence-electron chi connectivity index (χ0n) is 21.7. The molecule has 0 aromatic heterocycles. The van der Waals surface area contributed by atoms with Gasteiger partial charge in [-0.3, -0.25) is 0 Å². The summed E-state index contributed by atoms with van der Waals surface area (Å²) in [5, 5.41) is 10.1. The number of hydrogen-bond acceptors (Lipinski definition) is 1. The summed E-state index contributed by atoms with van der Waals surface area (Å²) in [6.45, 7) is 9.44. The van der Waals surface area contributed by atoms with E-state index in [2.05, 4.69) is 33.8 Å². The van der Waals surface area contributed by atoms with Crippen molar-refractivity contribution in [1.82, 2.24) is 0 Å². The fraction of sp³-hybridized carbons (Fsp3) is 0.778. The highest BCUT2D eigenvalue weighted by atomic mass is 16.3. The van der Waals surface area contributed by atoms with Crippen LogP contribution in [0.3, 0.4) is 0 Å². The topological polar surface area (TPSA) is 20.2 Å². The number of aliphatic hydroxyl groups is 1. The lowest BCUT2D eigenvalue weighted by Crippen LogP contribution is -2.36. The standard InChI is InChI=1S/C27H44O/c1-19(2)8-6-9-21(4)25-15-16-26-22(10-7-17-27(25,26)5)12-13-23-18-24(28)14-11-20(23)3/h12-13,19,21,24-26,28H,3,6-11,14-18H2,1-2,4-5H3/b22-12+,23-13-/t21-,24+,25?,26+,27-/m1/s1/i3D2,13D. The maximum atomic E-state index is 10.1. The van der Waals surface area contributed by atoms with Gasteiger partial charge in [0.05, 0.1) is 10.2 Å². The second-order valence-electron chi connectivity index (χ2n) is 10.6. The van der Waals surface area contributed by atoms with E-state index in [0.29, 0.717) is 42.2 Å². The smallest absolute Gasteiger partial charge is 0.0626 e. The molecule has 0 bridgehead atoms. The summed E-state index contributed by atoms with van der Waals surface area (Å²) in [6, 6.07) is 0.443. The quantitative estimate of drug-likeness (QED) is 0.497. The molecule has 3 aliphatic rings. The van der Waals surface area contributed by atoms with Crippen molar-refractivity contribution >= 4 is 0 Å². The zero-order chi connectivity index (χ0) is 22.8. The normalized spacial score (nSPS) is 39.4. The van der Waals surface area contributed by atoms with Gasteiger partial charge in [0.25, 0.3) is 0 Å². The maximum Gasteiger partial charge on any atom is 0.0626 e. The molecular weight excluding hydrogens is 340 g/mol. The third-order valence-electron chi connectivity index (χ3n) is 8.13. The van der Waals surface area contributed by atoms with Gasteiger partial charge in [0.2, 0.25) is 0 Å². The van der Waals surface area contributed by atoms with Crippen LogP contribution >= 0.6 is 0 Å². The lowest BCUT2D eigenvalue weighted by molar-refractivity contribution is 0.0929. The molecule has 3 fully saturated rings. The molecule has 0 aliphatic heterocycles. The van der Waals surface area contributed by atoms with Crippen LogP contribution in [0.2, 0.25) is 0 Å². The first-order valence-electron chi connectivity index (χ1n) is 13.4. The molecule has 1 unspecified atom stereocenters. The van der Waals surface area contributed by atoms with E-state index in [4.69, 9.17) is 4.11 Å². The average Bonchev–Trinajstić information content (AvgIpc) is 3.05. The fourth-order valence-electron chi connectivity index (χ4n) is 6.49. The van der Waals surface area contributed by atoms with Crippen LogP contribution in [0.5, 0.6) is 0 Å². The third kappa shape index (κ3) is 4.84. The molecule has 0 spiro atoms. The summed E-state index contributed by atoms with van der Waals surface area (Å²) >= 11 is 0. The van der Waals surface area contributed by atoms with Crippen molar-refractivity contribution in [2.24, 2.45) is 29.1 Å². The van der Waals surface area contributed by atoms with Gasteiger partial charge in [-0.25, -0.2) is 0 Å². The molecule has 0 heterocycles. The van der Waals surface area contributed by atoms with Crippen molar-refractivity contribution < 1.29 is 9.22 Å². The largest absolute Gasteiger partial charge is 0.393 e. The van der Waals surface area contributed by atoms with Crippen LogP contribution in [-0.2, 0) is 0 Å². The van der Waals surface area contributed by atoms with Gasteiger partial charge in [-0.05, 0) is 86.0 Å². The van der Waals surface area contributed by atoms with Crippen LogP contribution in [-0.4, -0.2) is 11.2 Å². The molecule has 28 heavy (non-hydrogen) atoms. The van der Waals surface area contributed by atoms with Crippen molar-refractivity contribution in [3.8, 4) is 0 Å². The summed E-state index contributed by atoms with van der Waals surface area (Å²) in [7, 11) is 0. The molecule has 158 valence electrons. The fourth-order valence-corrected chi connectivity index (χ4v) is 6.49. The van der Waals surface area contributed by atoms with E-state index >= 15 is 0 Å². The summed E-state index contributed by atoms with van der Waals surface area (Å²) in [4.78, 5) is 0. The van der Waals surface area contributed by atoms with Gasteiger partial charge in [-0.2, -0.15) is 0 Å². The highest BCUT2D eigenvalue weighted by molar-refractivity contribution is 5.36. The summed E-state index contributed by atoms with van der Waals surface area (Å²) in [5.74, 6) is 2.89. The van der Waals surface area contributed by atoms with Gasteiger partial charge in [-0.1, -0.05) is 76.8 Å². The molecule has 0 amide bonds. The van der Waals surface area contributed by atoms with Gasteiger partial charge >= 0.3 is 0 Å². The molecule has 3 rings (SSSR count). The first kappa shape index (κ1) is 18.0. The van der Waals surface area contributed by atoms with E-state index in [9.17, 15) is 5.11 Å². The third-order valence-corrected chi connectivity index (χ3v) is 8.13. The van der Waals surface area contributed by atoms with E-state index < -0.39 is 6.10 Å². The van der Waals surface area contributed by atoms with Crippen LogP contribution in [0.1, 0.15) is 102 Å². The Labute approximate surface area is 178 Å². The van der Waals surface area contributed by atoms with Crippen LogP contribution in [0.25, 0.3) is 0 Å². The van der Waals surface area contributed by atoms with E-state index in [0.717, 1.165) is 29.7 Å². The first-order chi connectivity index (χ1) is 14.6. The van der Waals surface area contributed by atoms with E-state index in [1.165, 1.54) is 50.5 Å². The Morgan fingerprint density at radius 3 is 2.82 bits per heavy atom. The molecule has 0 aromatic rings. The lowest BCUT2D eigenvalue weighted by Gasteiger charge is -2.44. The van der Waals surface area contributed by atoms with Crippen molar-refractivity contribution in [2.75, 3.05) is 0 Å². The van der Waals surface area contributed by atoms with E-state index in [1.807, 2.05) is 0 Å². The molecule has 0 radical (unpaired) electrons. The Hall–Kier alpha value is -0.820. The molecule has 3 aliphatic carbocycles. The Balaban J connectivity index is 1.81. The minimum Gasteiger partial charge on any atom is -0.393 e. The number of fused-ring (bicyclic) bond motifs is 1. The zero-order valence-corrected chi connectivity index (χ0v) is 18.7. The van der Waals surface area contributed by atoms with Gasteiger partial charge < -0.3 is 5.11 Å². The minimum absolute atomic E-state index is 0.185. The molecule has 1 heteroatoms. The predicted molar refractivity (Wildman–Crippen MR) is 121 cm³/mol. The Kier molecular flexibility index (Phi) is 5.99. The Morgan fingerprint density at radius 1 is 1.25 bits per heavy atom. The highest BCUT2D eigenvalue weighted by Gasteiger charge is 2.50. The molecule has 1 N–H and O–H groups in total. The molecular formula is C27H44O. The number of allylic oxidation sites excluding steroid dienone is 4.